The highest BCUT2D eigenvalue weighted by Gasteiger charge is 2.39. The largest absolute Gasteiger partial charge is 0.481 e. The summed E-state index contributed by atoms with van der Waals surface area (Å²) >= 11 is 6.15. The van der Waals surface area contributed by atoms with E-state index in [1.807, 2.05) is 47.0 Å². The van der Waals surface area contributed by atoms with Crippen LogP contribution in [0.25, 0.3) is 0 Å². The summed E-state index contributed by atoms with van der Waals surface area (Å²) in [6, 6.07) is 17.6. The summed E-state index contributed by atoms with van der Waals surface area (Å²) in [7, 11) is 1.75. The number of aromatic nitrogens is 2. The average Bonchev–Trinajstić information content (AvgIpc) is 3.32. The summed E-state index contributed by atoms with van der Waals surface area (Å²) < 4.78 is 7.85. The zero-order chi connectivity index (χ0) is 23.7. The summed E-state index contributed by atoms with van der Waals surface area (Å²) in [5.74, 6) is 0.489. The Labute approximate surface area is 204 Å². The third-order valence-corrected chi connectivity index (χ3v) is 7.42. The smallest absolute Gasteiger partial charge is 0.316 e. The average molecular weight is 478 g/mol. The minimum absolute atomic E-state index is 0.0381. The van der Waals surface area contributed by atoms with E-state index in [0.717, 1.165) is 31.2 Å². The molecule has 0 saturated heterocycles. The van der Waals surface area contributed by atoms with Crippen molar-refractivity contribution >= 4 is 17.5 Å². The number of rotatable bonds is 6. The van der Waals surface area contributed by atoms with E-state index in [2.05, 4.69) is 17.1 Å². The molecule has 5 rings (SSSR count). The Morgan fingerprint density at radius 1 is 1.00 bits per heavy atom. The van der Waals surface area contributed by atoms with Crippen molar-refractivity contribution in [1.29, 1.82) is 0 Å². The van der Waals surface area contributed by atoms with Gasteiger partial charge in [0.05, 0.1) is 0 Å². The quantitative estimate of drug-likeness (QED) is 0.520. The lowest BCUT2D eigenvalue weighted by molar-refractivity contribution is 0.0734. The van der Waals surface area contributed by atoms with Gasteiger partial charge in [0.2, 0.25) is 5.75 Å². The molecule has 1 aromatic heterocycles. The van der Waals surface area contributed by atoms with Crippen LogP contribution in [-0.2, 0) is 25.0 Å². The van der Waals surface area contributed by atoms with Gasteiger partial charge in [-0.25, -0.2) is 0 Å². The SMILES string of the molecule is CN1CCn2c(CC3(c4ccc(Cl)cc4)CCCC3)nc(=O)c(OCc3ccccc3)c2C1=O. The topological polar surface area (TPSA) is 64.4 Å². The van der Waals surface area contributed by atoms with E-state index in [9.17, 15) is 9.59 Å². The summed E-state index contributed by atoms with van der Waals surface area (Å²) in [4.78, 5) is 32.6. The lowest BCUT2D eigenvalue weighted by Gasteiger charge is -2.34. The van der Waals surface area contributed by atoms with Gasteiger partial charge in [-0.2, -0.15) is 4.98 Å². The van der Waals surface area contributed by atoms with E-state index in [0.29, 0.717) is 36.1 Å². The van der Waals surface area contributed by atoms with E-state index >= 15 is 0 Å². The summed E-state index contributed by atoms with van der Waals surface area (Å²) in [6.45, 7) is 1.35. The van der Waals surface area contributed by atoms with Gasteiger partial charge < -0.3 is 14.2 Å². The van der Waals surface area contributed by atoms with Crippen LogP contribution in [0, 0.1) is 0 Å². The van der Waals surface area contributed by atoms with Gasteiger partial charge in [-0.1, -0.05) is 66.9 Å². The number of hydrogen-bond donors (Lipinski definition) is 0. The monoisotopic (exact) mass is 477 g/mol. The van der Waals surface area contributed by atoms with Gasteiger partial charge in [-0.05, 0) is 36.1 Å². The minimum atomic E-state index is -0.481. The van der Waals surface area contributed by atoms with E-state index in [4.69, 9.17) is 16.3 Å². The maximum Gasteiger partial charge on any atom is 0.316 e. The Hall–Kier alpha value is -3.12. The second-order valence-corrected chi connectivity index (χ2v) is 9.77. The van der Waals surface area contributed by atoms with E-state index in [1.165, 1.54) is 5.56 Å². The van der Waals surface area contributed by atoms with Crippen LogP contribution in [0.2, 0.25) is 5.02 Å². The molecule has 176 valence electrons. The van der Waals surface area contributed by atoms with Crippen molar-refractivity contribution < 1.29 is 9.53 Å². The highest BCUT2D eigenvalue weighted by molar-refractivity contribution is 6.30. The maximum atomic E-state index is 13.2. The predicted molar refractivity (Wildman–Crippen MR) is 132 cm³/mol. The van der Waals surface area contributed by atoms with Crippen molar-refractivity contribution in [3.05, 3.63) is 92.6 Å². The van der Waals surface area contributed by atoms with Crippen LogP contribution in [0.4, 0.5) is 0 Å². The molecule has 0 spiro atoms. The third-order valence-electron chi connectivity index (χ3n) is 7.17. The standard InChI is InChI=1S/C27H28ClN3O3/c1-30-15-16-31-22(17-27(13-5-6-14-27)20-9-11-21(28)12-10-20)29-25(32)24(23(31)26(30)33)34-18-19-7-3-2-4-8-19/h2-4,7-12H,5-6,13-18H2,1H3. The van der Waals surface area contributed by atoms with Crippen LogP contribution in [0.1, 0.15) is 53.1 Å². The molecule has 2 aromatic carbocycles. The molecule has 0 N–H and O–H groups in total. The van der Waals surface area contributed by atoms with Gasteiger partial charge in [0.15, 0.2) is 5.69 Å². The zero-order valence-corrected chi connectivity index (χ0v) is 20.1. The third kappa shape index (κ3) is 4.23. The molecule has 2 heterocycles. The molecule has 7 heteroatoms. The number of benzene rings is 2. The molecule has 2 aliphatic rings. The first kappa shape index (κ1) is 22.7. The van der Waals surface area contributed by atoms with Crippen molar-refractivity contribution in [3.8, 4) is 5.75 Å². The van der Waals surface area contributed by atoms with E-state index in [-0.39, 0.29) is 23.7 Å². The Morgan fingerprint density at radius 2 is 1.71 bits per heavy atom. The van der Waals surface area contributed by atoms with Crippen molar-refractivity contribution in [2.45, 2.75) is 50.7 Å². The van der Waals surface area contributed by atoms with Crippen molar-refractivity contribution in [1.82, 2.24) is 14.5 Å². The number of likely N-dealkylation sites (N-methyl/N-ethyl adjacent to an activating group) is 1. The Balaban J connectivity index is 1.55. The Bertz CT molecular complexity index is 1250. The van der Waals surface area contributed by atoms with Gasteiger partial charge in [-0.3, -0.25) is 9.59 Å². The highest BCUT2D eigenvalue weighted by Crippen LogP contribution is 2.44. The molecular formula is C27H28ClN3O3. The fraction of sp³-hybridized carbons (Fsp3) is 0.370. The first-order chi connectivity index (χ1) is 16.5. The van der Waals surface area contributed by atoms with Crippen LogP contribution in [0.15, 0.2) is 59.4 Å². The van der Waals surface area contributed by atoms with Gasteiger partial charge >= 0.3 is 5.56 Å². The minimum Gasteiger partial charge on any atom is -0.481 e. The molecule has 1 aliphatic heterocycles. The van der Waals surface area contributed by atoms with Gasteiger partial charge in [-0.15, -0.1) is 0 Å². The second kappa shape index (κ2) is 9.26. The number of halogens is 1. The van der Waals surface area contributed by atoms with Crippen LogP contribution >= 0.6 is 11.6 Å². The number of ether oxygens (including phenoxy) is 1. The lowest BCUT2D eigenvalue weighted by Crippen LogP contribution is -2.42. The fourth-order valence-corrected chi connectivity index (χ4v) is 5.41. The Kier molecular flexibility index (Phi) is 6.17. The van der Waals surface area contributed by atoms with Crippen LogP contribution < -0.4 is 10.3 Å². The van der Waals surface area contributed by atoms with Crippen molar-refractivity contribution in [3.63, 3.8) is 0 Å². The predicted octanol–water partition coefficient (Wildman–Crippen LogP) is 4.62. The molecule has 0 radical (unpaired) electrons. The molecular weight excluding hydrogens is 450 g/mol. The number of amides is 1. The number of fused-ring (bicyclic) bond motifs is 1. The normalized spacial score (nSPS) is 17.0. The van der Waals surface area contributed by atoms with Gasteiger partial charge in [0.25, 0.3) is 5.91 Å². The second-order valence-electron chi connectivity index (χ2n) is 9.33. The molecule has 1 aliphatic carbocycles. The number of nitrogens with zero attached hydrogens (tertiary/aromatic N) is 3. The molecule has 1 amide bonds. The van der Waals surface area contributed by atoms with Crippen LogP contribution in [0.5, 0.6) is 5.75 Å². The molecule has 0 atom stereocenters. The van der Waals surface area contributed by atoms with Gasteiger partial charge in [0.1, 0.15) is 12.4 Å². The van der Waals surface area contributed by atoms with E-state index in [1.54, 1.807) is 11.9 Å². The molecule has 34 heavy (non-hydrogen) atoms. The summed E-state index contributed by atoms with van der Waals surface area (Å²) in [5.41, 5.74) is 1.84. The van der Waals surface area contributed by atoms with E-state index < -0.39 is 5.56 Å². The summed E-state index contributed by atoms with van der Waals surface area (Å²) in [6.07, 6.45) is 4.88. The van der Waals surface area contributed by atoms with Crippen LogP contribution in [0.3, 0.4) is 0 Å². The molecule has 0 bridgehead atoms. The molecule has 1 fully saturated rings. The summed E-state index contributed by atoms with van der Waals surface area (Å²) in [5, 5.41) is 0.706. The first-order valence-electron chi connectivity index (χ1n) is 11.8. The zero-order valence-electron chi connectivity index (χ0n) is 19.3. The fourth-order valence-electron chi connectivity index (χ4n) is 5.29. The number of carbonyl (C=O) groups excluding carboxylic acids is 1. The number of hydrogen-bond acceptors (Lipinski definition) is 4. The van der Waals surface area contributed by atoms with Gasteiger partial charge in [0, 0.05) is 37.0 Å². The highest BCUT2D eigenvalue weighted by atomic mass is 35.5. The lowest BCUT2D eigenvalue weighted by atomic mass is 9.76. The van der Waals surface area contributed by atoms with Crippen molar-refractivity contribution in [2.24, 2.45) is 0 Å². The first-order valence-corrected chi connectivity index (χ1v) is 12.2. The number of carbonyl (C=O) groups is 1. The molecule has 0 unspecified atom stereocenters. The van der Waals surface area contributed by atoms with Crippen molar-refractivity contribution in [2.75, 3.05) is 13.6 Å². The van der Waals surface area contributed by atoms with Crippen LogP contribution in [-0.4, -0.2) is 34.0 Å². The molecule has 3 aromatic rings. The Morgan fingerprint density at radius 3 is 2.41 bits per heavy atom. The maximum absolute atomic E-state index is 13.2. The molecule has 6 nitrogen and oxygen atoms in total. The molecule has 1 saturated carbocycles.